The summed E-state index contributed by atoms with van der Waals surface area (Å²) in [4.78, 5) is 18.3. The van der Waals surface area contributed by atoms with E-state index in [0.29, 0.717) is 6.42 Å². The number of aromatic amines is 1. The standard InChI is InChI=1S/C16H13FN2O/c17-12-5-3-11(4-6-12)13(7-9-20)15-10-19-16-14(15)2-1-8-18-16/h1-6,8-10,13H,7H2,(H,18,19). The Morgan fingerprint density at radius 3 is 2.80 bits per heavy atom. The van der Waals surface area contributed by atoms with Crippen molar-refractivity contribution in [3.8, 4) is 0 Å². The van der Waals surface area contributed by atoms with Gasteiger partial charge in [-0.3, -0.25) is 0 Å². The lowest BCUT2D eigenvalue weighted by Crippen LogP contribution is -2.01. The number of aromatic nitrogens is 2. The Kier molecular flexibility index (Phi) is 3.29. The van der Waals surface area contributed by atoms with Gasteiger partial charge in [-0.25, -0.2) is 9.37 Å². The summed E-state index contributed by atoms with van der Waals surface area (Å²) in [6, 6.07) is 10.1. The van der Waals surface area contributed by atoms with Gasteiger partial charge in [-0.2, -0.15) is 0 Å². The molecule has 0 aliphatic carbocycles. The van der Waals surface area contributed by atoms with E-state index >= 15 is 0 Å². The number of hydrogen-bond acceptors (Lipinski definition) is 2. The molecule has 4 heteroatoms. The average molecular weight is 268 g/mol. The number of H-pyrrole nitrogens is 1. The van der Waals surface area contributed by atoms with Crippen molar-refractivity contribution in [1.29, 1.82) is 0 Å². The predicted molar refractivity (Wildman–Crippen MR) is 75.0 cm³/mol. The number of aldehydes is 1. The molecule has 3 rings (SSSR count). The Hall–Kier alpha value is -2.49. The van der Waals surface area contributed by atoms with Crippen LogP contribution >= 0.6 is 0 Å². The third-order valence-electron chi connectivity index (χ3n) is 3.46. The highest BCUT2D eigenvalue weighted by Crippen LogP contribution is 2.32. The van der Waals surface area contributed by atoms with Crippen LogP contribution in [0.25, 0.3) is 11.0 Å². The summed E-state index contributed by atoms with van der Waals surface area (Å²) in [5.41, 5.74) is 2.72. The molecule has 0 spiro atoms. The van der Waals surface area contributed by atoms with Crippen molar-refractivity contribution in [1.82, 2.24) is 9.97 Å². The van der Waals surface area contributed by atoms with Gasteiger partial charge in [0, 0.05) is 30.1 Å². The van der Waals surface area contributed by atoms with E-state index in [0.717, 1.165) is 28.4 Å². The van der Waals surface area contributed by atoms with E-state index in [1.165, 1.54) is 12.1 Å². The van der Waals surface area contributed by atoms with Gasteiger partial charge in [-0.05, 0) is 35.4 Å². The number of carbonyl (C=O) groups is 1. The summed E-state index contributed by atoms with van der Waals surface area (Å²) in [7, 11) is 0. The van der Waals surface area contributed by atoms with Gasteiger partial charge in [0.2, 0.25) is 0 Å². The summed E-state index contributed by atoms with van der Waals surface area (Å²) in [5.74, 6) is -0.370. The molecular weight excluding hydrogens is 255 g/mol. The number of benzene rings is 1. The molecule has 0 saturated heterocycles. The SMILES string of the molecule is O=CCC(c1ccc(F)cc1)c1c[nH]c2ncccc12. The molecule has 0 radical (unpaired) electrons. The molecule has 0 saturated carbocycles. The van der Waals surface area contributed by atoms with Gasteiger partial charge in [0.05, 0.1) is 0 Å². The van der Waals surface area contributed by atoms with E-state index in [-0.39, 0.29) is 11.7 Å². The molecular formula is C16H13FN2O. The van der Waals surface area contributed by atoms with E-state index in [1.54, 1.807) is 18.3 Å². The van der Waals surface area contributed by atoms with Crippen LogP contribution in [0.3, 0.4) is 0 Å². The smallest absolute Gasteiger partial charge is 0.137 e. The molecule has 1 N–H and O–H groups in total. The lowest BCUT2D eigenvalue weighted by molar-refractivity contribution is -0.108. The number of nitrogens with zero attached hydrogens (tertiary/aromatic N) is 1. The Morgan fingerprint density at radius 2 is 2.05 bits per heavy atom. The van der Waals surface area contributed by atoms with Crippen LogP contribution in [0.5, 0.6) is 0 Å². The quantitative estimate of drug-likeness (QED) is 0.737. The first-order chi connectivity index (χ1) is 9.79. The van der Waals surface area contributed by atoms with Crippen LogP contribution in [-0.2, 0) is 4.79 Å². The highest BCUT2D eigenvalue weighted by molar-refractivity contribution is 5.81. The molecule has 20 heavy (non-hydrogen) atoms. The molecule has 2 heterocycles. The Labute approximate surface area is 115 Å². The predicted octanol–water partition coefficient (Wildman–Crippen LogP) is 3.42. The molecule has 3 nitrogen and oxygen atoms in total. The zero-order valence-electron chi connectivity index (χ0n) is 10.7. The van der Waals surface area contributed by atoms with Crippen LogP contribution < -0.4 is 0 Å². The van der Waals surface area contributed by atoms with Crippen molar-refractivity contribution in [3.63, 3.8) is 0 Å². The van der Waals surface area contributed by atoms with Gasteiger partial charge in [0.25, 0.3) is 0 Å². The van der Waals surface area contributed by atoms with Gasteiger partial charge in [0.15, 0.2) is 0 Å². The van der Waals surface area contributed by atoms with Gasteiger partial charge in [-0.1, -0.05) is 12.1 Å². The molecule has 1 aromatic carbocycles. The van der Waals surface area contributed by atoms with E-state index in [4.69, 9.17) is 0 Å². The third-order valence-corrected chi connectivity index (χ3v) is 3.46. The maximum atomic E-state index is 13.0. The highest BCUT2D eigenvalue weighted by Gasteiger charge is 2.18. The summed E-state index contributed by atoms with van der Waals surface area (Å²) in [6.07, 6.45) is 4.83. The van der Waals surface area contributed by atoms with Crippen LogP contribution in [0.4, 0.5) is 4.39 Å². The Balaban J connectivity index is 2.10. The minimum absolute atomic E-state index is 0.0916. The molecule has 100 valence electrons. The van der Waals surface area contributed by atoms with Crippen molar-refractivity contribution in [2.75, 3.05) is 0 Å². The number of nitrogens with one attached hydrogen (secondary N) is 1. The first kappa shape index (κ1) is 12.5. The van der Waals surface area contributed by atoms with Gasteiger partial charge in [-0.15, -0.1) is 0 Å². The van der Waals surface area contributed by atoms with Crippen molar-refractivity contribution in [3.05, 3.63) is 65.7 Å². The van der Waals surface area contributed by atoms with E-state index < -0.39 is 0 Å². The number of fused-ring (bicyclic) bond motifs is 1. The zero-order chi connectivity index (χ0) is 13.9. The molecule has 0 fully saturated rings. The highest BCUT2D eigenvalue weighted by atomic mass is 19.1. The Bertz CT molecular complexity index is 734. The fourth-order valence-electron chi connectivity index (χ4n) is 2.50. The minimum Gasteiger partial charge on any atom is -0.346 e. The van der Waals surface area contributed by atoms with Crippen molar-refractivity contribution >= 4 is 17.3 Å². The van der Waals surface area contributed by atoms with Crippen LogP contribution in [-0.4, -0.2) is 16.3 Å². The van der Waals surface area contributed by atoms with Crippen LogP contribution in [0.2, 0.25) is 0 Å². The zero-order valence-corrected chi connectivity index (χ0v) is 10.7. The maximum Gasteiger partial charge on any atom is 0.137 e. The fraction of sp³-hybridized carbons (Fsp3) is 0.125. The van der Waals surface area contributed by atoms with Crippen LogP contribution in [0.15, 0.2) is 48.8 Å². The number of hydrogen-bond donors (Lipinski definition) is 1. The van der Waals surface area contributed by atoms with E-state index in [2.05, 4.69) is 9.97 Å². The molecule has 0 aliphatic rings. The second kappa shape index (κ2) is 5.25. The number of pyridine rings is 1. The summed E-state index contributed by atoms with van der Waals surface area (Å²) >= 11 is 0. The molecule has 0 bridgehead atoms. The van der Waals surface area contributed by atoms with Crippen molar-refractivity contribution in [2.24, 2.45) is 0 Å². The number of carbonyl (C=O) groups excluding carboxylic acids is 1. The number of halogens is 1. The second-order valence-corrected chi connectivity index (χ2v) is 4.65. The topological polar surface area (TPSA) is 45.8 Å². The maximum absolute atomic E-state index is 13.0. The van der Waals surface area contributed by atoms with E-state index in [9.17, 15) is 9.18 Å². The van der Waals surface area contributed by atoms with Gasteiger partial charge in [0.1, 0.15) is 17.8 Å². The first-order valence-corrected chi connectivity index (χ1v) is 6.40. The molecule has 3 aromatic rings. The molecule has 1 unspecified atom stereocenters. The van der Waals surface area contributed by atoms with Crippen LogP contribution in [0, 0.1) is 5.82 Å². The van der Waals surface area contributed by atoms with Crippen LogP contribution in [0.1, 0.15) is 23.5 Å². The molecule has 2 aromatic heterocycles. The lowest BCUT2D eigenvalue weighted by Gasteiger charge is -2.14. The third kappa shape index (κ3) is 2.20. The summed E-state index contributed by atoms with van der Waals surface area (Å²) in [6.45, 7) is 0. The first-order valence-electron chi connectivity index (χ1n) is 6.40. The Morgan fingerprint density at radius 1 is 1.25 bits per heavy atom. The van der Waals surface area contributed by atoms with E-state index in [1.807, 2.05) is 18.3 Å². The normalized spacial score (nSPS) is 12.4. The molecule has 0 aliphatic heterocycles. The van der Waals surface area contributed by atoms with Crippen molar-refractivity contribution < 1.29 is 9.18 Å². The largest absolute Gasteiger partial charge is 0.346 e. The minimum atomic E-state index is -0.279. The second-order valence-electron chi connectivity index (χ2n) is 4.65. The molecule has 1 atom stereocenters. The monoisotopic (exact) mass is 268 g/mol. The molecule has 0 amide bonds. The summed E-state index contributed by atoms with van der Waals surface area (Å²) in [5, 5.41) is 0.990. The van der Waals surface area contributed by atoms with Gasteiger partial charge < -0.3 is 9.78 Å². The lowest BCUT2D eigenvalue weighted by atomic mass is 9.89. The summed E-state index contributed by atoms with van der Waals surface area (Å²) < 4.78 is 13.0. The van der Waals surface area contributed by atoms with Gasteiger partial charge >= 0.3 is 0 Å². The fourth-order valence-corrected chi connectivity index (χ4v) is 2.50. The average Bonchev–Trinajstić information content (AvgIpc) is 2.90. The number of rotatable bonds is 4. The van der Waals surface area contributed by atoms with Crippen molar-refractivity contribution in [2.45, 2.75) is 12.3 Å².